The molecule has 2 aromatic rings. The van der Waals surface area contributed by atoms with Crippen LogP contribution in [0.4, 0.5) is 25.0 Å². The van der Waals surface area contributed by atoms with Gasteiger partial charge in [-0.3, -0.25) is 0 Å². The Bertz CT molecular complexity index is 661. The number of carbonyl (C=O) groups is 1. The van der Waals surface area contributed by atoms with E-state index in [1.54, 1.807) is 31.2 Å². The van der Waals surface area contributed by atoms with E-state index in [1.807, 2.05) is 0 Å². The molecule has 0 fully saturated rings. The zero-order chi connectivity index (χ0) is 15.4. The number of carbonyl (C=O) groups excluding carboxylic acids is 1. The molecule has 4 nitrogen and oxygen atoms in total. The standard InChI is InChI=1S/C15H15F2N3O/c1-9(13-7-10(16)5-6-14(13)17)19-11-3-2-4-12(8-11)20-15(18)21/h2-9,19H,1H3,(H3,18,20,21). The Labute approximate surface area is 121 Å². The molecule has 0 aromatic heterocycles. The summed E-state index contributed by atoms with van der Waals surface area (Å²) in [4.78, 5) is 10.8. The number of benzene rings is 2. The molecule has 2 rings (SSSR count). The van der Waals surface area contributed by atoms with Crippen molar-refractivity contribution in [2.75, 3.05) is 10.6 Å². The van der Waals surface area contributed by atoms with Gasteiger partial charge in [-0.15, -0.1) is 0 Å². The second kappa shape index (κ2) is 6.21. The number of nitrogens with one attached hydrogen (secondary N) is 2. The molecular weight excluding hydrogens is 276 g/mol. The smallest absolute Gasteiger partial charge is 0.316 e. The fourth-order valence-corrected chi connectivity index (χ4v) is 2.00. The largest absolute Gasteiger partial charge is 0.378 e. The number of urea groups is 1. The normalized spacial score (nSPS) is 11.8. The number of anilines is 2. The number of hydrogen-bond acceptors (Lipinski definition) is 2. The van der Waals surface area contributed by atoms with Crippen LogP contribution in [0.2, 0.25) is 0 Å². The second-order valence-electron chi connectivity index (χ2n) is 4.60. The van der Waals surface area contributed by atoms with Gasteiger partial charge in [0.2, 0.25) is 0 Å². The molecule has 1 unspecified atom stereocenters. The van der Waals surface area contributed by atoms with Crippen LogP contribution in [0.5, 0.6) is 0 Å². The van der Waals surface area contributed by atoms with Gasteiger partial charge in [-0.2, -0.15) is 0 Å². The van der Waals surface area contributed by atoms with Gasteiger partial charge in [-0.25, -0.2) is 13.6 Å². The number of nitrogens with two attached hydrogens (primary N) is 1. The van der Waals surface area contributed by atoms with Crippen LogP contribution >= 0.6 is 0 Å². The summed E-state index contributed by atoms with van der Waals surface area (Å²) in [6.45, 7) is 1.71. The average molecular weight is 291 g/mol. The molecule has 0 aliphatic carbocycles. The second-order valence-corrected chi connectivity index (χ2v) is 4.60. The van der Waals surface area contributed by atoms with Gasteiger partial charge in [0.15, 0.2) is 0 Å². The maximum atomic E-state index is 13.7. The lowest BCUT2D eigenvalue weighted by atomic mass is 10.1. The number of halogens is 2. The van der Waals surface area contributed by atoms with Crippen LogP contribution in [0.25, 0.3) is 0 Å². The van der Waals surface area contributed by atoms with Crippen LogP contribution in [-0.2, 0) is 0 Å². The average Bonchev–Trinajstić information content (AvgIpc) is 2.41. The van der Waals surface area contributed by atoms with Crippen LogP contribution in [0.3, 0.4) is 0 Å². The zero-order valence-electron chi connectivity index (χ0n) is 11.4. The van der Waals surface area contributed by atoms with Crippen molar-refractivity contribution in [2.45, 2.75) is 13.0 Å². The molecule has 21 heavy (non-hydrogen) atoms. The summed E-state index contributed by atoms with van der Waals surface area (Å²) in [6.07, 6.45) is 0. The first-order chi connectivity index (χ1) is 9.95. The summed E-state index contributed by atoms with van der Waals surface area (Å²) in [7, 11) is 0. The highest BCUT2D eigenvalue weighted by Gasteiger charge is 2.12. The van der Waals surface area contributed by atoms with Crippen molar-refractivity contribution in [2.24, 2.45) is 5.73 Å². The van der Waals surface area contributed by atoms with Gasteiger partial charge in [0, 0.05) is 16.9 Å². The summed E-state index contributed by atoms with van der Waals surface area (Å²) in [5, 5.41) is 5.48. The molecule has 4 N–H and O–H groups in total. The molecule has 1 atom stereocenters. The lowest BCUT2D eigenvalue weighted by Crippen LogP contribution is -2.19. The van der Waals surface area contributed by atoms with Gasteiger partial charge in [-0.1, -0.05) is 6.07 Å². The Morgan fingerprint density at radius 2 is 1.86 bits per heavy atom. The highest BCUT2D eigenvalue weighted by molar-refractivity contribution is 5.88. The monoisotopic (exact) mass is 291 g/mol. The van der Waals surface area contributed by atoms with E-state index in [1.165, 1.54) is 0 Å². The zero-order valence-corrected chi connectivity index (χ0v) is 11.4. The highest BCUT2D eigenvalue weighted by atomic mass is 19.1. The first-order valence-electron chi connectivity index (χ1n) is 6.33. The number of primary amides is 1. The van der Waals surface area contributed by atoms with Crippen LogP contribution in [0.1, 0.15) is 18.5 Å². The van der Waals surface area contributed by atoms with Gasteiger partial charge >= 0.3 is 6.03 Å². The summed E-state index contributed by atoms with van der Waals surface area (Å²) in [5.41, 5.74) is 6.43. The van der Waals surface area contributed by atoms with E-state index in [0.717, 1.165) is 18.2 Å². The Hall–Kier alpha value is -2.63. The molecule has 110 valence electrons. The lowest BCUT2D eigenvalue weighted by molar-refractivity contribution is 0.259. The summed E-state index contributed by atoms with van der Waals surface area (Å²) < 4.78 is 26.9. The van der Waals surface area contributed by atoms with Crippen molar-refractivity contribution >= 4 is 17.4 Å². The third kappa shape index (κ3) is 3.92. The molecule has 0 aliphatic heterocycles. The van der Waals surface area contributed by atoms with E-state index in [0.29, 0.717) is 11.4 Å². The molecule has 0 spiro atoms. The molecule has 2 amide bonds. The molecule has 0 heterocycles. The minimum Gasteiger partial charge on any atom is -0.378 e. The third-order valence-corrected chi connectivity index (χ3v) is 2.94. The Balaban J connectivity index is 2.17. The highest BCUT2D eigenvalue weighted by Crippen LogP contribution is 2.24. The van der Waals surface area contributed by atoms with E-state index in [-0.39, 0.29) is 5.56 Å². The summed E-state index contributed by atoms with van der Waals surface area (Å²) >= 11 is 0. The van der Waals surface area contributed by atoms with Crippen molar-refractivity contribution in [3.05, 3.63) is 59.7 Å². The van der Waals surface area contributed by atoms with E-state index in [4.69, 9.17) is 5.73 Å². The molecule has 2 aromatic carbocycles. The molecule has 0 radical (unpaired) electrons. The van der Waals surface area contributed by atoms with Gasteiger partial charge in [0.1, 0.15) is 11.6 Å². The molecule has 0 saturated carbocycles. The van der Waals surface area contributed by atoms with Crippen molar-refractivity contribution in [3.8, 4) is 0 Å². The first-order valence-corrected chi connectivity index (χ1v) is 6.33. The summed E-state index contributed by atoms with van der Waals surface area (Å²) in [5.74, 6) is -0.980. The number of amides is 2. The van der Waals surface area contributed by atoms with E-state index < -0.39 is 23.7 Å². The van der Waals surface area contributed by atoms with E-state index in [9.17, 15) is 13.6 Å². The van der Waals surface area contributed by atoms with Crippen LogP contribution in [0, 0.1) is 11.6 Å². The lowest BCUT2D eigenvalue weighted by Gasteiger charge is -2.17. The SMILES string of the molecule is CC(Nc1cccc(NC(N)=O)c1)c1cc(F)ccc1F. The number of rotatable bonds is 4. The molecule has 6 heteroatoms. The maximum Gasteiger partial charge on any atom is 0.316 e. The Morgan fingerprint density at radius 1 is 1.14 bits per heavy atom. The molecule has 0 saturated heterocycles. The van der Waals surface area contributed by atoms with Gasteiger partial charge in [0.05, 0.1) is 6.04 Å². The third-order valence-electron chi connectivity index (χ3n) is 2.94. The van der Waals surface area contributed by atoms with Gasteiger partial charge in [-0.05, 0) is 43.3 Å². The van der Waals surface area contributed by atoms with Gasteiger partial charge in [0.25, 0.3) is 0 Å². The van der Waals surface area contributed by atoms with Gasteiger partial charge < -0.3 is 16.4 Å². The minimum atomic E-state index is -0.670. The topological polar surface area (TPSA) is 67.2 Å². The predicted octanol–water partition coefficient (Wildman–Crippen LogP) is 3.63. The van der Waals surface area contributed by atoms with E-state index >= 15 is 0 Å². The van der Waals surface area contributed by atoms with Crippen LogP contribution < -0.4 is 16.4 Å². The Kier molecular flexibility index (Phi) is 4.37. The fourth-order valence-electron chi connectivity index (χ4n) is 2.00. The van der Waals surface area contributed by atoms with Crippen molar-refractivity contribution in [1.82, 2.24) is 0 Å². The first kappa shape index (κ1) is 14.8. The maximum absolute atomic E-state index is 13.7. The molecule has 0 aliphatic rings. The number of hydrogen-bond donors (Lipinski definition) is 3. The van der Waals surface area contributed by atoms with Crippen molar-refractivity contribution < 1.29 is 13.6 Å². The quantitative estimate of drug-likeness (QED) is 0.805. The Morgan fingerprint density at radius 3 is 2.57 bits per heavy atom. The summed E-state index contributed by atoms with van der Waals surface area (Å²) in [6, 6.07) is 8.99. The van der Waals surface area contributed by atoms with E-state index in [2.05, 4.69) is 10.6 Å². The van der Waals surface area contributed by atoms with Crippen LogP contribution in [-0.4, -0.2) is 6.03 Å². The van der Waals surface area contributed by atoms with Crippen LogP contribution in [0.15, 0.2) is 42.5 Å². The molecular formula is C15H15F2N3O. The predicted molar refractivity (Wildman–Crippen MR) is 78.0 cm³/mol. The fraction of sp³-hybridized carbons (Fsp3) is 0.133. The van der Waals surface area contributed by atoms with Crippen molar-refractivity contribution in [1.29, 1.82) is 0 Å². The van der Waals surface area contributed by atoms with Crippen molar-refractivity contribution in [3.63, 3.8) is 0 Å². The minimum absolute atomic E-state index is 0.225. The molecule has 0 bridgehead atoms.